The van der Waals surface area contributed by atoms with E-state index in [1.54, 1.807) is 35.6 Å². The van der Waals surface area contributed by atoms with Crippen LogP contribution in [0.15, 0.2) is 66.3 Å². The molecule has 0 aliphatic carbocycles. The van der Waals surface area contributed by atoms with Crippen LogP contribution in [0.2, 0.25) is 5.02 Å². The van der Waals surface area contributed by atoms with E-state index in [1.165, 1.54) is 0 Å². The van der Waals surface area contributed by atoms with E-state index in [0.29, 0.717) is 10.6 Å². The molecule has 4 nitrogen and oxygen atoms in total. The molecule has 6 heteroatoms. The molecule has 0 saturated carbocycles. The van der Waals surface area contributed by atoms with Gasteiger partial charge in [-0.1, -0.05) is 23.7 Å². The lowest BCUT2D eigenvalue weighted by Gasteiger charge is -2.07. The van der Waals surface area contributed by atoms with E-state index in [0.717, 1.165) is 21.9 Å². The lowest BCUT2D eigenvalue weighted by Crippen LogP contribution is -2.11. The van der Waals surface area contributed by atoms with Gasteiger partial charge in [-0.05, 0) is 36.4 Å². The van der Waals surface area contributed by atoms with Crippen LogP contribution >= 0.6 is 22.9 Å². The Balaban J connectivity index is 1.59. The Labute approximate surface area is 147 Å². The molecular formula is C18H12ClN3OS. The predicted molar refractivity (Wildman–Crippen MR) is 97.9 cm³/mol. The van der Waals surface area contributed by atoms with Crippen molar-refractivity contribution >= 4 is 39.5 Å². The summed E-state index contributed by atoms with van der Waals surface area (Å²) in [7, 11) is 0. The van der Waals surface area contributed by atoms with Gasteiger partial charge in [-0.25, -0.2) is 4.98 Å². The summed E-state index contributed by atoms with van der Waals surface area (Å²) in [5.41, 5.74) is 3.13. The van der Waals surface area contributed by atoms with Crippen LogP contribution in [0.1, 0.15) is 10.4 Å². The van der Waals surface area contributed by atoms with Crippen molar-refractivity contribution < 1.29 is 4.79 Å². The number of nitrogens with zero attached hydrogens (tertiary/aromatic N) is 2. The van der Waals surface area contributed by atoms with Gasteiger partial charge in [0.25, 0.3) is 5.91 Å². The van der Waals surface area contributed by atoms with Gasteiger partial charge in [0.2, 0.25) is 0 Å². The van der Waals surface area contributed by atoms with Crippen molar-refractivity contribution in [2.24, 2.45) is 0 Å². The van der Waals surface area contributed by atoms with Gasteiger partial charge in [0.05, 0.1) is 5.69 Å². The van der Waals surface area contributed by atoms with Crippen molar-refractivity contribution in [1.82, 2.24) is 9.38 Å². The Morgan fingerprint density at radius 2 is 2.00 bits per heavy atom. The Bertz CT molecular complexity index is 992. The molecule has 0 atom stereocenters. The van der Waals surface area contributed by atoms with Gasteiger partial charge in [-0.2, -0.15) is 0 Å². The van der Waals surface area contributed by atoms with Crippen molar-refractivity contribution in [3.8, 4) is 11.3 Å². The molecule has 2 heterocycles. The number of fused-ring (bicyclic) bond motifs is 1. The van der Waals surface area contributed by atoms with E-state index >= 15 is 0 Å². The molecule has 0 saturated heterocycles. The van der Waals surface area contributed by atoms with Gasteiger partial charge in [0.15, 0.2) is 4.96 Å². The van der Waals surface area contributed by atoms with Crippen LogP contribution in [0.4, 0.5) is 5.69 Å². The van der Waals surface area contributed by atoms with E-state index in [-0.39, 0.29) is 5.91 Å². The fourth-order valence-corrected chi connectivity index (χ4v) is 3.25. The Hall–Kier alpha value is -2.63. The summed E-state index contributed by atoms with van der Waals surface area (Å²) in [5, 5.41) is 5.50. The van der Waals surface area contributed by atoms with Crippen LogP contribution < -0.4 is 5.32 Å². The second-order valence-electron chi connectivity index (χ2n) is 5.26. The first-order chi connectivity index (χ1) is 11.7. The minimum atomic E-state index is -0.172. The van der Waals surface area contributed by atoms with E-state index in [2.05, 4.69) is 10.3 Å². The maximum atomic E-state index is 12.3. The number of amides is 1. The zero-order valence-corrected chi connectivity index (χ0v) is 14.0. The number of hydrogen-bond acceptors (Lipinski definition) is 3. The molecule has 4 rings (SSSR count). The molecule has 24 heavy (non-hydrogen) atoms. The highest BCUT2D eigenvalue weighted by Crippen LogP contribution is 2.24. The summed E-state index contributed by atoms with van der Waals surface area (Å²) < 4.78 is 1.99. The quantitative estimate of drug-likeness (QED) is 0.565. The fourth-order valence-electron chi connectivity index (χ4n) is 2.43. The second-order valence-corrected chi connectivity index (χ2v) is 6.57. The highest BCUT2D eigenvalue weighted by molar-refractivity contribution is 7.15. The summed E-state index contributed by atoms with van der Waals surface area (Å²) in [6.07, 6.45) is 3.95. The zero-order valence-electron chi connectivity index (χ0n) is 12.4. The number of aromatic nitrogens is 2. The topological polar surface area (TPSA) is 46.4 Å². The van der Waals surface area contributed by atoms with Crippen LogP contribution in [0, 0.1) is 0 Å². The number of benzene rings is 2. The van der Waals surface area contributed by atoms with Crippen LogP contribution in [0.3, 0.4) is 0 Å². The van der Waals surface area contributed by atoms with Crippen LogP contribution in [0.5, 0.6) is 0 Å². The molecule has 0 aliphatic rings. The molecule has 2 aromatic heterocycles. The smallest absolute Gasteiger partial charge is 0.255 e. The fraction of sp³-hybridized carbons (Fsp3) is 0. The molecule has 1 N–H and O–H groups in total. The average molecular weight is 354 g/mol. The summed E-state index contributed by atoms with van der Waals surface area (Å²) in [6.45, 7) is 0. The Kier molecular flexibility index (Phi) is 3.80. The van der Waals surface area contributed by atoms with Crippen LogP contribution in [0.25, 0.3) is 16.2 Å². The van der Waals surface area contributed by atoms with Gasteiger partial charge in [-0.3, -0.25) is 9.20 Å². The summed E-state index contributed by atoms with van der Waals surface area (Å²) in [6, 6.07) is 14.5. The van der Waals surface area contributed by atoms with Gasteiger partial charge in [-0.15, -0.1) is 11.3 Å². The lowest BCUT2D eigenvalue weighted by atomic mass is 10.1. The number of carbonyl (C=O) groups excluding carboxylic acids is 1. The first-order valence-corrected chi connectivity index (χ1v) is 8.54. The molecule has 0 bridgehead atoms. The minimum Gasteiger partial charge on any atom is -0.322 e. The first kappa shape index (κ1) is 14.9. The molecule has 118 valence electrons. The highest BCUT2D eigenvalue weighted by atomic mass is 35.5. The Morgan fingerprint density at radius 3 is 2.79 bits per heavy atom. The normalized spacial score (nSPS) is 10.9. The number of rotatable bonds is 3. The number of halogens is 1. The molecule has 0 fully saturated rings. The first-order valence-electron chi connectivity index (χ1n) is 7.28. The van der Waals surface area contributed by atoms with Gasteiger partial charge in [0, 0.05) is 39.6 Å². The predicted octanol–water partition coefficient (Wildman–Crippen LogP) is 4.97. The third-order valence-corrected chi connectivity index (χ3v) is 4.64. The van der Waals surface area contributed by atoms with Crippen molar-refractivity contribution in [3.05, 3.63) is 76.9 Å². The van der Waals surface area contributed by atoms with Crippen molar-refractivity contribution in [1.29, 1.82) is 0 Å². The lowest BCUT2D eigenvalue weighted by molar-refractivity contribution is 0.102. The van der Waals surface area contributed by atoms with Crippen LogP contribution in [-0.4, -0.2) is 15.3 Å². The number of nitrogens with one attached hydrogen (secondary N) is 1. The summed E-state index contributed by atoms with van der Waals surface area (Å²) in [4.78, 5) is 17.8. The number of carbonyl (C=O) groups is 1. The third kappa shape index (κ3) is 2.91. The highest BCUT2D eigenvalue weighted by Gasteiger charge is 2.09. The molecule has 0 spiro atoms. The Morgan fingerprint density at radius 1 is 1.17 bits per heavy atom. The maximum Gasteiger partial charge on any atom is 0.255 e. The number of thiazole rings is 1. The van der Waals surface area contributed by atoms with E-state index < -0.39 is 0 Å². The SMILES string of the molecule is O=C(Nc1cccc(-c2cn3ccsc3n2)c1)c1ccc(Cl)cc1. The van der Waals surface area contributed by atoms with Crippen molar-refractivity contribution in [3.63, 3.8) is 0 Å². The zero-order chi connectivity index (χ0) is 16.5. The molecule has 0 aliphatic heterocycles. The third-order valence-electron chi connectivity index (χ3n) is 3.62. The molecule has 4 aromatic rings. The molecular weight excluding hydrogens is 342 g/mol. The van der Waals surface area contributed by atoms with Gasteiger partial charge in [0.1, 0.15) is 0 Å². The van der Waals surface area contributed by atoms with Gasteiger partial charge >= 0.3 is 0 Å². The van der Waals surface area contributed by atoms with Gasteiger partial charge < -0.3 is 5.32 Å². The molecule has 1 amide bonds. The van der Waals surface area contributed by atoms with Crippen molar-refractivity contribution in [2.45, 2.75) is 0 Å². The largest absolute Gasteiger partial charge is 0.322 e. The second kappa shape index (κ2) is 6.11. The minimum absolute atomic E-state index is 0.172. The maximum absolute atomic E-state index is 12.3. The van der Waals surface area contributed by atoms with E-state index in [4.69, 9.17) is 11.6 Å². The van der Waals surface area contributed by atoms with E-state index in [1.807, 2.05) is 46.4 Å². The van der Waals surface area contributed by atoms with Crippen molar-refractivity contribution in [2.75, 3.05) is 5.32 Å². The summed E-state index contributed by atoms with van der Waals surface area (Å²) in [5.74, 6) is -0.172. The average Bonchev–Trinajstić information content (AvgIpc) is 3.17. The summed E-state index contributed by atoms with van der Waals surface area (Å²) >= 11 is 7.44. The molecule has 2 aromatic carbocycles. The van der Waals surface area contributed by atoms with Crippen LogP contribution in [-0.2, 0) is 0 Å². The monoisotopic (exact) mass is 353 g/mol. The van der Waals surface area contributed by atoms with E-state index in [9.17, 15) is 4.79 Å². The standard InChI is InChI=1S/C18H12ClN3OS/c19-14-6-4-12(5-7-14)17(23)20-15-3-1-2-13(10-15)16-11-22-8-9-24-18(22)21-16/h1-11H,(H,20,23). The number of imidazole rings is 1. The molecule has 0 unspecified atom stereocenters. The number of hydrogen-bond donors (Lipinski definition) is 1. The molecule has 0 radical (unpaired) electrons. The number of anilines is 1.